The third kappa shape index (κ3) is 3.76. The Morgan fingerprint density at radius 1 is 1.11 bits per heavy atom. The van der Waals surface area contributed by atoms with Gasteiger partial charge in [-0.3, -0.25) is 9.69 Å². The number of allylic oxidation sites excluding steroid dienone is 1. The zero-order valence-electron chi connectivity index (χ0n) is 17.2. The van der Waals surface area contributed by atoms with Crippen molar-refractivity contribution in [2.24, 2.45) is 0 Å². The van der Waals surface area contributed by atoms with Gasteiger partial charge >= 0.3 is 0 Å². The largest absolute Gasteiger partial charge is 0.507 e. The molecule has 0 aromatic heterocycles. The molecule has 0 atom stereocenters. The van der Waals surface area contributed by atoms with Gasteiger partial charge in [-0.2, -0.15) is 0 Å². The van der Waals surface area contributed by atoms with Crippen molar-refractivity contribution in [3.63, 3.8) is 0 Å². The Hall–Kier alpha value is -2.79. The molecule has 28 heavy (non-hydrogen) atoms. The molecule has 5 nitrogen and oxygen atoms in total. The predicted molar refractivity (Wildman–Crippen MR) is 113 cm³/mol. The maximum absolute atomic E-state index is 13.0. The number of aromatic hydroxyl groups is 1. The number of hydrogen-bond acceptors (Lipinski definition) is 5. The predicted octanol–water partition coefficient (Wildman–Crippen LogP) is 4.22. The van der Waals surface area contributed by atoms with E-state index in [1.165, 1.54) is 0 Å². The summed E-state index contributed by atoms with van der Waals surface area (Å²) in [6, 6.07) is 9.59. The summed E-state index contributed by atoms with van der Waals surface area (Å²) < 4.78 is 6.00. The van der Waals surface area contributed by atoms with Crippen LogP contribution in [0.2, 0.25) is 0 Å². The van der Waals surface area contributed by atoms with Gasteiger partial charge in [0.25, 0.3) is 0 Å². The van der Waals surface area contributed by atoms with Crippen LogP contribution in [-0.4, -0.2) is 43.0 Å². The monoisotopic (exact) mass is 380 g/mol. The second kappa shape index (κ2) is 8.07. The molecule has 1 heterocycles. The zero-order chi connectivity index (χ0) is 20.4. The minimum atomic E-state index is -0.134. The molecular formula is C23H28N2O3. The fourth-order valence-electron chi connectivity index (χ4n) is 3.42. The molecule has 2 aromatic rings. The number of ketones is 1. The molecule has 3 rings (SSSR count). The number of aryl methyl sites for hydroxylation is 1. The van der Waals surface area contributed by atoms with E-state index in [1.54, 1.807) is 12.1 Å². The van der Waals surface area contributed by atoms with Crippen LogP contribution in [0.15, 0.2) is 36.1 Å². The Morgan fingerprint density at radius 2 is 1.75 bits per heavy atom. The molecule has 1 aliphatic heterocycles. The minimum Gasteiger partial charge on any atom is -0.507 e. The second-order valence-electron chi connectivity index (χ2n) is 7.28. The van der Waals surface area contributed by atoms with Gasteiger partial charge in [0.15, 0.2) is 5.76 Å². The van der Waals surface area contributed by atoms with Gasteiger partial charge in [0.05, 0.1) is 11.1 Å². The fraction of sp³-hybridized carbons (Fsp3) is 0.348. The average Bonchev–Trinajstić information content (AvgIpc) is 2.99. The van der Waals surface area contributed by atoms with Gasteiger partial charge in [0.1, 0.15) is 11.5 Å². The van der Waals surface area contributed by atoms with Crippen LogP contribution in [0.4, 0.5) is 5.69 Å². The van der Waals surface area contributed by atoms with E-state index in [4.69, 9.17) is 4.74 Å². The summed E-state index contributed by atoms with van der Waals surface area (Å²) in [7, 11) is 3.97. The third-order valence-corrected chi connectivity index (χ3v) is 5.20. The van der Waals surface area contributed by atoms with Crippen LogP contribution in [0.1, 0.15) is 40.9 Å². The van der Waals surface area contributed by atoms with E-state index >= 15 is 0 Å². The van der Waals surface area contributed by atoms with Crippen molar-refractivity contribution in [1.82, 2.24) is 4.90 Å². The van der Waals surface area contributed by atoms with Gasteiger partial charge < -0.3 is 14.7 Å². The van der Waals surface area contributed by atoms with Crippen molar-refractivity contribution in [3.05, 3.63) is 58.3 Å². The molecule has 1 N–H and O–H groups in total. The van der Waals surface area contributed by atoms with Crippen molar-refractivity contribution in [2.45, 2.75) is 27.3 Å². The van der Waals surface area contributed by atoms with E-state index in [2.05, 4.69) is 18.7 Å². The maximum atomic E-state index is 13.0. The maximum Gasteiger partial charge on any atom is 0.232 e. The molecule has 0 saturated carbocycles. The Kier molecular flexibility index (Phi) is 5.75. The van der Waals surface area contributed by atoms with Crippen molar-refractivity contribution < 1.29 is 14.6 Å². The summed E-state index contributed by atoms with van der Waals surface area (Å²) in [5, 5.41) is 10.5. The number of carbonyl (C=O) groups is 1. The van der Waals surface area contributed by atoms with Crippen LogP contribution < -0.4 is 9.64 Å². The number of phenols is 1. The molecule has 5 heteroatoms. The van der Waals surface area contributed by atoms with Crippen molar-refractivity contribution in [1.29, 1.82) is 0 Å². The first kappa shape index (κ1) is 20.0. The van der Waals surface area contributed by atoms with Crippen LogP contribution in [0, 0.1) is 6.92 Å². The van der Waals surface area contributed by atoms with Crippen LogP contribution in [0.25, 0.3) is 6.08 Å². The smallest absolute Gasteiger partial charge is 0.232 e. The molecule has 1 aliphatic rings. The Labute approximate surface area is 166 Å². The third-order valence-electron chi connectivity index (χ3n) is 5.20. The first-order valence-electron chi connectivity index (χ1n) is 9.65. The Balaban J connectivity index is 1.98. The Morgan fingerprint density at radius 3 is 2.32 bits per heavy atom. The SMILES string of the molecule is CCN(CC)Cc1c(O)cc(C)c2c1O/C(=C\c1ccc(N(C)C)cc1)C2=O. The van der Waals surface area contributed by atoms with E-state index in [1.807, 2.05) is 50.2 Å². The van der Waals surface area contributed by atoms with Crippen molar-refractivity contribution in [2.75, 3.05) is 32.1 Å². The molecule has 0 unspecified atom stereocenters. The highest BCUT2D eigenvalue weighted by atomic mass is 16.5. The minimum absolute atomic E-state index is 0.134. The lowest BCUT2D eigenvalue weighted by molar-refractivity contribution is 0.101. The summed E-state index contributed by atoms with van der Waals surface area (Å²) in [4.78, 5) is 17.2. The number of fused-ring (bicyclic) bond motifs is 1. The highest BCUT2D eigenvalue weighted by Crippen LogP contribution is 2.42. The number of benzene rings is 2. The molecule has 0 spiro atoms. The van der Waals surface area contributed by atoms with Crippen molar-refractivity contribution in [3.8, 4) is 11.5 Å². The highest BCUT2D eigenvalue weighted by Gasteiger charge is 2.33. The Bertz CT molecular complexity index is 910. The summed E-state index contributed by atoms with van der Waals surface area (Å²) in [5.41, 5.74) is 3.94. The van der Waals surface area contributed by atoms with Gasteiger partial charge in [0.2, 0.25) is 5.78 Å². The molecule has 2 aromatic carbocycles. The first-order chi connectivity index (χ1) is 13.3. The molecule has 0 aliphatic carbocycles. The van der Waals surface area contributed by atoms with Gasteiger partial charge in [-0.25, -0.2) is 0 Å². The topological polar surface area (TPSA) is 53.0 Å². The lowest BCUT2D eigenvalue weighted by atomic mass is 9.99. The molecule has 0 saturated heterocycles. The molecule has 0 amide bonds. The van der Waals surface area contributed by atoms with Gasteiger partial charge in [0, 0.05) is 26.3 Å². The van der Waals surface area contributed by atoms with E-state index in [0.29, 0.717) is 29.2 Å². The molecule has 0 bridgehead atoms. The standard InChI is InChI=1S/C23H28N2O3/c1-6-25(7-2)14-18-19(26)12-15(3)21-22(27)20(28-23(18)21)13-16-8-10-17(11-9-16)24(4)5/h8-13,26H,6-7,14H2,1-5H3/b20-13-. The van der Waals surface area contributed by atoms with Crippen LogP contribution >= 0.6 is 0 Å². The molecular weight excluding hydrogens is 352 g/mol. The fourth-order valence-corrected chi connectivity index (χ4v) is 3.42. The molecule has 148 valence electrons. The van der Waals surface area contributed by atoms with E-state index in [9.17, 15) is 9.90 Å². The highest BCUT2D eigenvalue weighted by molar-refractivity contribution is 6.15. The first-order valence-corrected chi connectivity index (χ1v) is 9.65. The normalized spacial score (nSPS) is 14.5. The van der Waals surface area contributed by atoms with E-state index in [-0.39, 0.29) is 11.5 Å². The summed E-state index contributed by atoms with van der Waals surface area (Å²) in [5.74, 6) is 0.824. The van der Waals surface area contributed by atoms with Gasteiger partial charge in [-0.05, 0) is 55.4 Å². The number of rotatable bonds is 6. The quantitative estimate of drug-likeness (QED) is 0.760. The summed E-state index contributed by atoms with van der Waals surface area (Å²) in [6.45, 7) is 8.23. The number of carbonyl (C=O) groups excluding carboxylic acids is 1. The summed E-state index contributed by atoms with van der Waals surface area (Å²) in [6.07, 6.45) is 1.76. The number of phenolic OH excluding ortho intramolecular Hbond substituents is 1. The number of anilines is 1. The van der Waals surface area contributed by atoms with Gasteiger partial charge in [-0.15, -0.1) is 0 Å². The number of hydrogen-bond donors (Lipinski definition) is 1. The second-order valence-corrected chi connectivity index (χ2v) is 7.28. The number of Topliss-reactive ketones (excluding diaryl/α,β-unsaturated/α-hetero) is 1. The lowest BCUT2D eigenvalue weighted by Crippen LogP contribution is -2.22. The number of ether oxygens (including phenoxy) is 1. The summed E-state index contributed by atoms with van der Waals surface area (Å²) >= 11 is 0. The van der Waals surface area contributed by atoms with Crippen LogP contribution in [0.3, 0.4) is 0 Å². The van der Waals surface area contributed by atoms with Crippen LogP contribution in [0.5, 0.6) is 11.5 Å². The lowest BCUT2D eigenvalue weighted by Gasteiger charge is -2.20. The van der Waals surface area contributed by atoms with Gasteiger partial charge in [-0.1, -0.05) is 26.0 Å². The van der Waals surface area contributed by atoms with Crippen molar-refractivity contribution >= 4 is 17.5 Å². The average molecular weight is 380 g/mol. The zero-order valence-corrected chi connectivity index (χ0v) is 17.2. The molecule has 0 fully saturated rings. The van der Waals surface area contributed by atoms with Crippen LogP contribution in [-0.2, 0) is 6.54 Å². The number of nitrogens with zero attached hydrogens (tertiary/aromatic N) is 2. The molecule has 0 radical (unpaired) electrons. The van der Waals surface area contributed by atoms with E-state index in [0.717, 1.165) is 29.9 Å². The van der Waals surface area contributed by atoms with E-state index < -0.39 is 0 Å².